The Hall–Kier alpha value is -2.41. The lowest BCUT2D eigenvalue weighted by Gasteiger charge is -2.23. The van der Waals surface area contributed by atoms with Gasteiger partial charge in [0.25, 0.3) is 5.91 Å². The second kappa shape index (κ2) is 6.78. The van der Waals surface area contributed by atoms with E-state index in [4.69, 9.17) is 0 Å². The highest BCUT2D eigenvalue weighted by Gasteiger charge is 2.49. The van der Waals surface area contributed by atoms with Crippen molar-refractivity contribution in [1.82, 2.24) is 15.1 Å². The van der Waals surface area contributed by atoms with Crippen LogP contribution in [0.25, 0.3) is 0 Å². The van der Waals surface area contributed by atoms with E-state index < -0.39 is 17.5 Å². The van der Waals surface area contributed by atoms with Crippen LogP contribution in [-0.2, 0) is 15.1 Å². The molecule has 0 saturated carbocycles. The summed E-state index contributed by atoms with van der Waals surface area (Å²) in [5.74, 6) is -0.755. The van der Waals surface area contributed by atoms with Crippen molar-refractivity contribution in [3.05, 3.63) is 47.7 Å². The highest BCUT2D eigenvalue weighted by atomic mass is 32.1. The van der Waals surface area contributed by atoms with E-state index in [2.05, 4.69) is 18.5 Å². The summed E-state index contributed by atoms with van der Waals surface area (Å²) in [6.07, 6.45) is 3.17. The Morgan fingerprint density at radius 1 is 1.39 bits per heavy atom. The second-order valence-corrected chi connectivity index (χ2v) is 6.11. The molecular weight excluding hydrogens is 314 g/mol. The number of nitrogens with one attached hydrogen (secondary N) is 1. The molecule has 2 rings (SSSR count). The molecule has 1 fully saturated rings. The van der Waals surface area contributed by atoms with Crippen molar-refractivity contribution < 1.29 is 14.4 Å². The maximum atomic E-state index is 12.6. The van der Waals surface area contributed by atoms with Gasteiger partial charge in [-0.15, -0.1) is 13.2 Å². The minimum Gasteiger partial charge on any atom is -0.334 e. The Bertz CT molecular complexity index is 631. The molecule has 1 aromatic heterocycles. The standard InChI is InChI=1S/C16H19N3O3S/c1-4-7-18(8-5-2)13(20)10-19-14(21)16(3,17-15(19)22)12-6-9-23-11-12/h4-6,9,11H,1-2,7-8,10H2,3H3,(H,17,22). The largest absolute Gasteiger partial charge is 0.334 e. The molecule has 23 heavy (non-hydrogen) atoms. The van der Waals surface area contributed by atoms with Crippen LogP contribution in [0.5, 0.6) is 0 Å². The maximum Gasteiger partial charge on any atom is 0.325 e. The molecule has 1 aromatic rings. The third-order valence-corrected chi connectivity index (χ3v) is 4.40. The maximum absolute atomic E-state index is 12.6. The van der Waals surface area contributed by atoms with Gasteiger partial charge in [0.15, 0.2) is 0 Å². The first kappa shape index (κ1) is 17.0. The zero-order chi connectivity index (χ0) is 17.0. The molecule has 0 bridgehead atoms. The monoisotopic (exact) mass is 333 g/mol. The van der Waals surface area contributed by atoms with Gasteiger partial charge >= 0.3 is 6.03 Å². The van der Waals surface area contributed by atoms with Crippen LogP contribution in [0.4, 0.5) is 4.79 Å². The third-order valence-electron chi connectivity index (χ3n) is 3.72. The quantitative estimate of drug-likeness (QED) is 0.610. The normalized spacial score (nSPS) is 20.3. The molecule has 1 N–H and O–H groups in total. The number of imide groups is 1. The Balaban J connectivity index is 2.16. The van der Waals surface area contributed by atoms with Gasteiger partial charge in [0, 0.05) is 13.1 Å². The number of thiophene rings is 1. The number of nitrogens with zero attached hydrogens (tertiary/aromatic N) is 2. The van der Waals surface area contributed by atoms with E-state index in [0.717, 1.165) is 4.90 Å². The number of carbonyl (C=O) groups is 3. The fraction of sp³-hybridized carbons (Fsp3) is 0.312. The van der Waals surface area contributed by atoms with E-state index in [1.165, 1.54) is 16.2 Å². The minimum absolute atomic E-state index is 0.300. The van der Waals surface area contributed by atoms with Gasteiger partial charge in [0.05, 0.1) is 0 Å². The predicted molar refractivity (Wildman–Crippen MR) is 88.9 cm³/mol. The Morgan fingerprint density at radius 2 is 2.04 bits per heavy atom. The molecule has 6 nitrogen and oxygen atoms in total. The first-order valence-electron chi connectivity index (χ1n) is 7.10. The molecule has 2 heterocycles. The van der Waals surface area contributed by atoms with Gasteiger partial charge in [-0.25, -0.2) is 4.79 Å². The topological polar surface area (TPSA) is 69.7 Å². The molecular formula is C16H19N3O3S. The molecule has 1 saturated heterocycles. The summed E-state index contributed by atoms with van der Waals surface area (Å²) in [6.45, 7) is 9.20. The van der Waals surface area contributed by atoms with E-state index >= 15 is 0 Å². The van der Waals surface area contributed by atoms with Crippen molar-refractivity contribution in [3.63, 3.8) is 0 Å². The van der Waals surface area contributed by atoms with Gasteiger partial charge < -0.3 is 10.2 Å². The van der Waals surface area contributed by atoms with Crippen LogP contribution < -0.4 is 5.32 Å². The molecule has 122 valence electrons. The summed E-state index contributed by atoms with van der Waals surface area (Å²) in [4.78, 5) is 39.6. The number of hydrogen-bond donors (Lipinski definition) is 1. The number of hydrogen-bond acceptors (Lipinski definition) is 4. The summed E-state index contributed by atoms with van der Waals surface area (Å²) in [5, 5.41) is 6.32. The summed E-state index contributed by atoms with van der Waals surface area (Å²) >= 11 is 1.44. The molecule has 0 aromatic carbocycles. The zero-order valence-corrected chi connectivity index (χ0v) is 13.8. The van der Waals surface area contributed by atoms with E-state index in [1.54, 1.807) is 25.1 Å². The summed E-state index contributed by atoms with van der Waals surface area (Å²) in [7, 11) is 0. The lowest BCUT2D eigenvalue weighted by atomic mass is 9.95. The van der Waals surface area contributed by atoms with Crippen LogP contribution in [0.15, 0.2) is 42.1 Å². The first-order chi connectivity index (χ1) is 10.9. The van der Waals surface area contributed by atoms with Crippen molar-refractivity contribution in [2.75, 3.05) is 19.6 Å². The van der Waals surface area contributed by atoms with Gasteiger partial charge in [-0.2, -0.15) is 11.3 Å². The van der Waals surface area contributed by atoms with Crippen molar-refractivity contribution in [3.8, 4) is 0 Å². The van der Waals surface area contributed by atoms with Crippen LogP contribution in [0.2, 0.25) is 0 Å². The van der Waals surface area contributed by atoms with Crippen molar-refractivity contribution in [2.24, 2.45) is 0 Å². The average Bonchev–Trinajstić information content (AvgIpc) is 3.11. The van der Waals surface area contributed by atoms with Crippen LogP contribution in [-0.4, -0.2) is 47.3 Å². The Labute approximate surface area is 139 Å². The van der Waals surface area contributed by atoms with Gasteiger partial charge in [-0.1, -0.05) is 12.2 Å². The summed E-state index contributed by atoms with van der Waals surface area (Å²) < 4.78 is 0. The Kier molecular flexibility index (Phi) is 5.00. The van der Waals surface area contributed by atoms with Crippen LogP contribution in [0, 0.1) is 0 Å². The average molecular weight is 333 g/mol. The molecule has 1 aliphatic heterocycles. The van der Waals surface area contributed by atoms with E-state index in [0.29, 0.717) is 18.7 Å². The van der Waals surface area contributed by atoms with E-state index in [1.807, 2.05) is 10.8 Å². The predicted octanol–water partition coefficient (Wildman–Crippen LogP) is 1.72. The molecule has 0 radical (unpaired) electrons. The van der Waals surface area contributed by atoms with Crippen LogP contribution in [0.1, 0.15) is 12.5 Å². The molecule has 4 amide bonds. The number of carbonyl (C=O) groups excluding carboxylic acids is 3. The second-order valence-electron chi connectivity index (χ2n) is 5.33. The lowest BCUT2D eigenvalue weighted by molar-refractivity contribution is -0.138. The zero-order valence-electron chi connectivity index (χ0n) is 12.9. The van der Waals surface area contributed by atoms with Crippen molar-refractivity contribution >= 4 is 29.2 Å². The number of urea groups is 1. The molecule has 0 aliphatic carbocycles. The summed E-state index contributed by atoms with van der Waals surface area (Å²) in [5.41, 5.74) is -0.413. The molecule has 1 unspecified atom stereocenters. The highest BCUT2D eigenvalue weighted by molar-refractivity contribution is 7.08. The summed E-state index contributed by atoms with van der Waals surface area (Å²) in [6, 6.07) is 1.23. The van der Waals surface area contributed by atoms with Gasteiger partial charge in [-0.3, -0.25) is 14.5 Å². The van der Waals surface area contributed by atoms with E-state index in [-0.39, 0.29) is 12.5 Å². The third kappa shape index (κ3) is 3.19. The van der Waals surface area contributed by atoms with E-state index in [9.17, 15) is 14.4 Å². The number of amides is 4. The van der Waals surface area contributed by atoms with Crippen LogP contribution >= 0.6 is 11.3 Å². The smallest absolute Gasteiger partial charge is 0.325 e. The van der Waals surface area contributed by atoms with Crippen LogP contribution in [0.3, 0.4) is 0 Å². The van der Waals surface area contributed by atoms with Gasteiger partial charge in [0.2, 0.25) is 5.91 Å². The van der Waals surface area contributed by atoms with Gasteiger partial charge in [-0.05, 0) is 29.3 Å². The molecule has 1 atom stereocenters. The fourth-order valence-electron chi connectivity index (χ4n) is 2.41. The molecule has 7 heteroatoms. The highest BCUT2D eigenvalue weighted by Crippen LogP contribution is 2.30. The Morgan fingerprint density at radius 3 is 2.57 bits per heavy atom. The first-order valence-corrected chi connectivity index (χ1v) is 8.04. The fourth-order valence-corrected chi connectivity index (χ4v) is 3.17. The molecule has 0 spiro atoms. The van der Waals surface area contributed by atoms with Crippen molar-refractivity contribution in [2.45, 2.75) is 12.5 Å². The lowest BCUT2D eigenvalue weighted by Crippen LogP contribution is -2.44. The van der Waals surface area contributed by atoms with Gasteiger partial charge in [0.1, 0.15) is 12.1 Å². The number of rotatable bonds is 7. The minimum atomic E-state index is -1.13. The SMILES string of the molecule is C=CCN(CC=C)C(=O)CN1C(=O)NC(C)(c2ccsc2)C1=O. The van der Waals surface area contributed by atoms with Crippen molar-refractivity contribution in [1.29, 1.82) is 0 Å². The molecule has 1 aliphatic rings.